The number of carbonyl (C=O) groups excluding carboxylic acids is 1. The van der Waals surface area contributed by atoms with Gasteiger partial charge in [0.05, 0.1) is 0 Å². The second-order valence-corrected chi connectivity index (χ2v) is 3.51. The molecule has 0 aliphatic heterocycles. The minimum Gasteiger partial charge on any atom is -0.507 e. The van der Waals surface area contributed by atoms with E-state index in [4.69, 9.17) is 0 Å². The van der Waals surface area contributed by atoms with E-state index >= 15 is 0 Å². The van der Waals surface area contributed by atoms with Crippen molar-refractivity contribution in [3.05, 3.63) is 23.8 Å². The van der Waals surface area contributed by atoms with Crippen molar-refractivity contribution in [2.45, 2.75) is 18.2 Å². The Balaban J connectivity index is 3.06. The molecule has 0 fully saturated rings. The Hall–Kier alpha value is -0.960. The van der Waals surface area contributed by atoms with Gasteiger partial charge in [-0.1, -0.05) is 6.92 Å². The number of phenolic OH excluding ortho intramolecular Hbond substituents is 1. The molecule has 0 heterocycles. The highest BCUT2D eigenvalue weighted by Crippen LogP contribution is 2.27. The molecular weight excluding hydrogens is 184 g/mol. The summed E-state index contributed by atoms with van der Waals surface area (Å²) in [4.78, 5) is 12.1. The first-order valence-electron chi connectivity index (χ1n) is 4.09. The molecule has 3 heteroatoms. The fourth-order valence-corrected chi connectivity index (χ4v) is 1.58. The van der Waals surface area contributed by atoms with Crippen LogP contribution in [0.5, 0.6) is 5.75 Å². The van der Waals surface area contributed by atoms with Gasteiger partial charge in [0.2, 0.25) is 0 Å². The van der Waals surface area contributed by atoms with Crippen molar-refractivity contribution < 1.29 is 9.90 Å². The molecule has 0 saturated carbocycles. The van der Waals surface area contributed by atoms with E-state index in [0.29, 0.717) is 12.0 Å². The lowest BCUT2D eigenvalue weighted by atomic mass is 10.1. The number of hydrogen-bond acceptors (Lipinski definition) is 3. The predicted octanol–water partition coefficient (Wildman–Crippen LogP) is 2.71. The minimum atomic E-state index is 0.107. The maximum absolute atomic E-state index is 11.3. The van der Waals surface area contributed by atoms with Crippen LogP contribution in [0.15, 0.2) is 23.1 Å². The van der Waals surface area contributed by atoms with Crippen LogP contribution in [-0.2, 0) is 0 Å². The minimum absolute atomic E-state index is 0.107. The summed E-state index contributed by atoms with van der Waals surface area (Å²) in [5.41, 5.74) is 0.671. The van der Waals surface area contributed by atoms with Gasteiger partial charge in [-0.15, -0.1) is 11.8 Å². The second-order valence-electron chi connectivity index (χ2n) is 2.66. The summed E-state index contributed by atoms with van der Waals surface area (Å²) < 4.78 is 0. The number of hydrogen-bond donors (Lipinski definition) is 1. The second kappa shape index (κ2) is 4.33. The molecule has 1 aromatic carbocycles. The molecule has 0 unspecified atom stereocenters. The van der Waals surface area contributed by atoms with Crippen LogP contribution in [-0.4, -0.2) is 17.1 Å². The van der Waals surface area contributed by atoms with Gasteiger partial charge < -0.3 is 5.11 Å². The zero-order valence-corrected chi connectivity index (χ0v) is 8.52. The van der Waals surface area contributed by atoms with Crippen LogP contribution < -0.4 is 0 Å². The number of benzene rings is 1. The molecule has 1 N–H and O–H groups in total. The molecular formula is C10H12O2S. The zero-order valence-electron chi connectivity index (χ0n) is 7.70. The quantitative estimate of drug-likeness (QED) is 0.596. The monoisotopic (exact) mass is 196 g/mol. The topological polar surface area (TPSA) is 37.3 Å². The van der Waals surface area contributed by atoms with Gasteiger partial charge in [0.25, 0.3) is 0 Å². The Morgan fingerprint density at radius 3 is 2.77 bits per heavy atom. The number of Topliss-reactive ketones (excluding diaryl/α,β-unsaturated/α-hetero) is 1. The molecule has 0 atom stereocenters. The number of aromatic hydroxyl groups is 1. The van der Waals surface area contributed by atoms with Crippen molar-refractivity contribution in [2.24, 2.45) is 0 Å². The molecule has 0 aliphatic rings. The molecule has 13 heavy (non-hydrogen) atoms. The van der Waals surface area contributed by atoms with Crippen LogP contribution in [0.2, 0.25) is 0 Å². The summed E-state index contributed by atoms with van der Waals surface area (Å²) in [7, 11) is 0. The van der Waals surface area contributed by atoms with E-state index in [-0.39, 0.29) is 11.5 Å². The Morgan fingerprint density at radius 1 is 1.54 bits per heavy atom. The number of thioether (sulfide) groups is 1. The van der Waals surface area contributed by atoms with E-state index in [1.165, 1.54) is 11.8 Å². The molecule has 2 nitrogen and oxygen atoms in total. The third-order valence-corrected chi connectivity index (χ3v) is 2.59. The van der Waals surface area contributed by atoms with E-state index in [1.54, 1.807) is 18.2 Å². The van der Waals surface area contributed by atoms with Gasteiger partial charge in [-0.25, -0.2) is 0 Å². The van der Waals surface area contributed by atoms with Gasteiger partial charge in [-0.2, -0.15) is 0 Å². The fourth-order valence-electron chi connectivity index (χ4n) is 1.06. The van der Waals surface area contributed by atoms with Crippen LogP contribution in [0, 0.1) is 0 Å². The maximum Gasteiger partial charge on any atom is 0.162 e. The Morgan fingerprint density at radius 2 is 2.23 bits per heavy atom. The van der Waals surface area contributed by atoms with E-state index < -0.39 is 0 Å². The van der Waals surface area contributed by atoms with Gasteiger partial charge >= 0.3 is 0 Å². The third kappa shape index (κ3) is 2.25. The van der Waals surface area contributed by atoms with Crippen LogP contribution in [0.25, 0.3) is 0 Å². The lowest BCUT2D eigenvalue weighted by molar-refractivity contribution is 0.0988. The third-order valence-electron chi connectivity index (χ3n) is 1.82. The predicted molar refractivity (Wildman–Crippen MR) is 54.5 cm³/mol. The molecule has 1 aromatic rings. The summed E-state index contributed by atoms with van der Waals surface area (Å²) in [6.07, 6.45) is 2.37. The molecule has 1 rings (SSSR count). The smallest absolute Gasteiger partial charge is 0.162 e. The Bertz CT molecular complexity index is 321. The Kier molecular flexibility index (Phi) is 3.37. The molecule has 0 aromatic heterocycles. The molecule has 0 aliphatic carbocycles. The van der Waals surface area contributed by atoms with Crippen LogP contribution >= 0.6 is 11.8 Å². The highest BCUT2D eigenvalue weighted by Gasteiger charge is 2.06. The lowest BCUT2D eigenvalue weighted by Gasteiger charge is -2.03. The number of carbonyl (C=O) groups is 1. The van der Waals surface area contributed by atoms with Crippen molar-refractivity contribution in [3.63, 3.8) is 0 Å². The van der Waals surface area contributed by atoms with Gasteiger partial charge in [-0.3, -0.25) is 4.79 Å². The first-order chi connectivity index (χ1) is 6.19. The summed E-state index contributed by atoms with van der Waals surface area (Å²) >= 11 is 1.44. The zero-order chi connectivity index (χ0) is 9.84. The first kappa shape index (κ1) is 10.1. The van der Waals surface area contributed by atoms with Crippen LogP contribution in [0.1, 0.15) is 23.7 Å². The standard InChI is InChI=1S/C10H12O2S/c1-3-8(11)7-4-5-9(12)10(6-7)13-2/h4-6,12H,3H2,1-2H3. The average Bonchev–Trinajstić information content (AvgIpc) is 2.17. The van der Waals surface area contributed by atoms with Crippen LogP contribution in [0.3, 0.4) is 0 Å². The number of phenols is 1. The van der Waals surface area contributed by atoms with Crippen molar-refractivity contribution in [3.8, 4) is 5.75 Å². The molecule has 0 radical (unpaired) electrons. The molecule has 0 spiro atoms. The van der Waals surface area contributed by atoms with E-state index in [9.17, 15) is 9.90 Å². The maximum atomic E-state index is 11.3. The molecule has 0 saturated heterocycles. The number of rotatable bonds is 3. The summed E-state index contributed by atoms with van der Waals surface area (Å²) in [6, 6.07) is 4.95. The van der Waals surface area contributed by atoms with Gasteiger partial charge in [-0.05, 0) is 24.5 Å². The highest BCUT2D eigenvalue weighted by atomic mass is 32.2. The summed E-state index contributed by atoms with van der Waals surface area (Å²) in [5.74, 6) is 0.343. The van der Waals surface area contributed by atoms with E-state index in [0.717, 1.165) is 4.90 Å². The molecule has 0 bridgehead atoms. The highest BCUT2D eigenvalue weighted by molar-refractivity contribution is 7.98. The largest absolute Gasteiger partial charge is 0.507 e. The van der Waals surface area contributed by atoms with Crippen molar-refractivity contribution in [1.82, 2.24) is 0 Å². The Labute approximate surface area is 82.0 Å². The lowest BCUT2D eigenvalue weighted by Crippen LogP contribution is -1.95. The first-order valence-corrected chi connectivity index (χ1v) is 5.31. The van der Waals surface area contributed by atoms with Gasteiger partial charge in [0.15, 0.2) is 5.78 Å². The van der Waals surface area contributed by atoms with Crippen molar-refractivity contribution in [2.75, 3.05) is 6.26 Å². The molecule has 0 amide bonds. The van der Waals surface area contributed by atoms with E-state index in [1.807, 2.05) is 13.2 Å². The molecule has 70 valence electrons. The van der Waals surface area contributed by atoms with Crippen LogP contribution in [0.4, 0.5) is 0 Å². The normalized spacial score (nSPS) is 10.0. The van der Waals surface area contributed by atoms with Gasteiger partial charge in [0.1, 0.15) is 5.75 Å². The van der Waals surface area contributed by atoms with Crippen molar-refractivity contribution >= 4 is 17.5 Å². The van der Waals surface area contributed by atoms with Crippen molar-refractivity contribution in [1.29, 1.82) is 0 Å². The van der Waals surface area contributed by atoms with E-state index in [2.05, 4.69) is 0 Å². The summed E-state index contributed by atoms with van der Waals surface area (Å²) in [6.45, 7) is 1.83. The van der Waals surface area contributed by atoms with Gasteiger partial charge in [0, 0.05) is 16.9 Å². The SMILES string of the molecule is CCC(=O)c1ccc(O)c(SC)c1. The average molecular weight is 196 g/mol. The fraction of sp³-hybridized carbons (Fsp3) is 0.300. The summed E-state index contributed by atoms with van der Waals surface area (Å²) in [5, 5.41) is 9.36. The number of ketones is 1.